The molecule has 6 nitrogen and oxygen atoms in total. The van der Waals surface area contributed by atoms with Crippen LogP contribution in [0.1, 0.15) is 31.7 Å². The molecule has 0 amide bonds. The number of aromatic nitrogens is 1. The van der Waals surface area contributed by atoms with Gasteiger partial charge in [0.15, 0.2) is 5.96 Å². The molecule has 1 aromatic heterocycles. The van der Waals surface area contributed by atoms with Crippen LogP contribution in [0.3, 0.4) is 0 Å². The summed E-state index contributed by atoms with van der Waals surface area (Å²) in [4.78, 5) is 11.1. The van der Waals surface area contributed by atoms with Crippen molar-refractivity contribution in [2.45, 2.75) is 32.7 Å². The third-order valence-corrected chi connectivity index (χ3v) is 4.22. The van der Waals surface area contributed by atoms with Gasteiger partial charge in [-0.05, 0) is 18.9 Å². The number of aliphatic imine (C=N–C) groups is 1. The monoisotopic (exact) mass is 334 g/mol. The van der Waals surface area contributed by atoms with Crippen LogP contribution in [0.25, 0.3) is 0 Å². The zero-order valence-corrected chi connectivity index (χ0v) is 15.1. The molecule has 24 heavy (non-hydrogen) atoms. The molecule has 0 saturated carbocycles. The van der Waals surface area contributed by atoms with E-state index in [4.69, 9.17) is 9.47 Å². The van der Waals surface area contributed by atoms with E-state index in [1.165, 1.54) is 0 Å². The Labute approximate surface area is 145 Å². The Morgan fingerprint density at radius 3 is 3.12 bits per heavy atom. The van der Waals surface area contributed by atoms with E-state index in [0.717, 1.165) is 50.5 Å². The van der Waals surface area contributed by atoms with Crippen molar-refractivity contribution >= 4 is 5.96 Å². The minimum absolute atomic E-state index is 0.583. The van der Waals surface area contributed by atoms with Crippen molar-refractivity contribution in [3.05, 3.63) is 23.9 Å². The summed E-state index contributed by atoms with van der Waals surface area (Å²) >= 11 is 0. The Balaban J connectivity index is 1.89. The zero-order valence-electron chi connectivity index (χ0n) is 15.1. The second-order valence-electron chi connectivity index (χ2n) is 6.13. The summed E-state index contributed by atoms with van der Waals surface area (Å²) in [7, 11) is 3.59. The Bertz CT molecular complexity index is 521. The van der Waals surface area contributed by atoms with Crippen LogP contribution in [0.2, 0.25) is 0 Å². The highest BCUT2D eigenvalue weighted by Gasteiger charge is 2.24. The second kappa shape index (κ2) is 10.1. The normalized spacial score (nSPS) is 18.0. The van der Waals surface area contributed by atoms with Gasteiger partial charge in [0.25, 0.3) is 0 Å². The Kier molecular flexibility index (Phi) is 7.82. The Morgan fingerprint density at radius 1 is 1.50 bits per heavy atom. The van der Waals surface area contributed by atoms with Gasteiger partial charge in [-0.15, -0.1) is 0 Å². The molecule has 1 saturated heterocycles. The summed E-state index contributed by atoms with van der Waals surface area (Å²) in [5, 5.41) is 3.44. The number of likely N-dealkylation sites (tertiary alicyclic amines) is 1. The van der Waals surface area contributed by atoms with Crippen molar-refractivity contribution in [3.8, 4) is 5.88 Å². The first-order chi connectivity index (χ1) is 11.8. The Morgan fingerprint density at radius 2 is 2.38 bits per heavy atom. The Hall–Kier alpha value is -1.82. The van der Waals surface area contributed by atoms with Gasteiger partial charge in [-0.2, -0.15) is 0 Å². The first-order valence-electron chi connectivity index (χ1n) is 8.79. The summed E-state index contributed by atoms with van der Waals surface area (Å²) in [5.41, 5.74) is 1.06. The third-order valence-electron chi connectivity index (χ3n) is 4.22. The number of methoxy groups -OCH3 is 1. The first-order valence-corrected chi connectivity index (χ1v) is 8.79. The van der Waals surface area contributed by atoms with Crippen LogP contribution in [-0.4, -0.2) is 56.3 Å². The van der Waals surface area contributed by atoms with Gasteiger partial charge in [-0.1, -0.05) is 19.4 Å². The summed E-state index contributed by atoms with van der Waals surface area (Å²) in [5.74, 6) is 2.23. The van der Waals surface area contributed by atoms with Gasteiger partial charge in [0, 0.05) is 51.5 Å². The molecule has 1 fully saturated rings. The highest BCUT2D eigenvalue weighted by Crippen LogP contribution is 2.18. The maximum atomic E-state index is 5.80. The lowest BCUT2D eigenvalue weighted by atomic mass is 10.1. The summed E-state index contributed by atoms with van der Waals surface area (Å²) in [6, 6.07) is 3.99. The maximum Gasteiger partial charge on any atom is 0.218 e. The number of nitrogens with zero attached hydrogens (tertiary/aromatic N) is 3. The molecule has 1 atom stereocenters. The molecule has 1 aromatic rings. The summed E-state index contributed by atoms with van der Waals surface area (Å²) in [6.45, 7) is 6.33. The fourth-order valence-corrected chi connectivity index (χ4v) is 2.91. The number of nitrogens with one attached hydrogen (secondary N) is 1. The summed E-state index contributed by atoms with van der Waals surface area (Å²) < 4.78 is 11.1. The van der Waals surface area contributed by atoms with E-state index in [9.17, 15) is 0 Å². The van der Waals surface area contributed by atoms with E-state index in [2.05, 4.69) is 27.1 Å². The summed E-state index contributed by atoms with van der Waals surface area (Å²) in [6.07, 6.45) is 5.08. The number of unbranched alkanes of at least 4 members (excludes halogenated alkanes) is 1. The van der Waals surface area contributed by atoms with Gasteiger partial charge in [0.2, 0.25) is 5.88 Å². The molecule has 1 aliphatic rings. The van der Waals surface area contributed by atoms with Gasteiger partial charge in [0.05, 0.1) is 13.2 Å². The SMILES string of the molecule is CCCCOc1ncccc1CNC(=NC)N1CCC(COC)C1. The number of ether oxygens (including phenoxy) is 2. The quantitative estimate of drug-likeness (QED) is 0.449. The van der Waals surface area contributed by atoms with Gasteiger partial charge in [-0.3, -0.25) is 4.99 Å². The number of hydrogen-bond donors (Lipinski definition) is 1. The lowest BCUT2D eigenvalue weighted by molar-refractivity contribution is 0.157. The van der Waals surface area contributed by atoms with Crippen LogP contribution in [0, 0.1) is 5.92 Å². The molecule has 0 bridgehead atoms. The van der Waals surface area contributed by atoms with E-state index in [-0.39, 0.29) is 0 Å². The second-order valence-corrected chi connectivity index (χ2v) is 6.13. The molecule has 0 aliphatic carbocycles. The third kappa shape index (κ3) is 5.37. The largest absolute Gasteiger partial charge is 0.477 e. The number of hydrogen-bond acceptors (Lipinski definition) is 4. The minimum Gasteiger partial charge on any atom is -0.477 e. The van der Waals surface area contributed by atoms with Gasteiger partial charge < -0.3 is 19.7 Å². The molecule has 0 radical (unpaired) electrons. The highest BCUT2D eigenvalue weighted by atomic mass is 16.5. The number of guanidine groups is 1. The highest BCUT2D eigenvalue weighted by molar-refractivity contribution is 5.80. The van der Waals surface area contributed by atoms with Crippen molar-refractivity contribution in [1.82, 2.24) is 15.2 Å². The van der Waals surface area contributed by atoms with Crippen molar-refractivity contribution < 1.29 is 9.47 Å². The van der Waals surface area contributed by atoms with Crippen LogP contribution in [-0.2, 0) is 11.3 Å². The van der Waals surface area contributed by atoms with E-state index >= 15 is 0 Å². The van der Waals surface area contributed by atoms with E-state index < -0.39 is 0 Å². The molecule has 2 rings (SSSR count). The molecule has 1 N–H and O–H groups in total. The molecule has 2 heterocycles. The van der Waals surface area contributed by atoms with Crippen LogP contribution in [0.4, 0.5) is 0 Å². The van der Waals surface area contributed by atoms with Crippen LogP contribution in [0.5, 0.6) is 5.88 Å². The molecule has 0 aromatic carbocycles. The number of rotatable bonds is 8. The molecule has 0 spiro atoms. The number of pyridine rings is 1. The predicted molar refractivity (Wildman–Crippen MR) is 96.4 cm³/mol. The average Bonchev–Trinajstić information content (AvgIpc) is 3.06. The van der Waals surface area contributed by atoms with Crippen LogP contribution >= 0.6 is 0 Å². The van der Waals surface area contributed by atoms with Crippen LogP contribution < -0.4 is 10.1 Å². The van der Waals surface area contributed by atoms with Crippen molar-refractivity contribution in [2.75, 3.05) is 40.5 Å². The predicted octanol–water partition coefficient (Wildman–Crippen LogP) is 2.30. The van der Waals surface area contributed by atoms with Gasteiger partial charge >= 0.3 is 0 Å². The van der Waals surface area contributed by atoms with E-state index in [0.29, 0.717) is 24.9 Å². The molecule has 1 aliphatic heterocycles. The fourth-order valence-electron chi connectivity index (χ4n) is 2.91. The van der Waals surface area contributed by atoms with E-state index in [1.54, 1.807) is 13.3 Å². The van der Waals surface area contributed by atoms with Crippen molar-refractivity contribution in [3.63, 3.8) is 0 Å². The van der Waals surface area contributed by atoms with Crippen molar-refractivity contribution in [2.24, 2.45) is 10.9 Å². The van der Waals surface area contributed by atoms with Crippen molar-refractivity contribution in [1.29, 1.82) is 0 Å². The molecule has 6 heteroatoms. The molecule has 134 valence electrons. The van der Waals surface area contributed by atoms with E-state index in [1.807, 2.05) is 19.2 Å². The molecule has 1 unspecified atom stereocenters. The minimum atomic E-state index is 0.583. The zero-order chi connectivity index (χ0) is 17.2. The first kappa shape index (κ1) is 18.5. The smallest absolute Gasteiger partial charge is 0.218 e. The lowest BCUT2D eigenvalue weighted by Crippen LogP contribution is -2.40. The fraction of sp³-hybridized carbons (Fsp3) is 0.667. The molecular weight excluding hydrogens is 304 g/mol. The van der Waals surface area contributed by atoms with Gasteiger partial charge in [0.1, 0.15) is 0 Å². The molecular formula is C18H30N4O2. The standard InChI is InChI=1S/C18H30N4O2/c1-4-5-11-24-17-16(7-6-9-20-17)12-21-18(19-2)22-10-8-15(13-22)14-23-3/h6-7,9,15H,4-5,8,10-14H2,1-3H3,(H,19,21). The topological polar surface area (TPSA) is 59.0 Å². The average molecular weight is 334 g/mol. The lowest BCUT2D eigenvalue weighted by Gasteiger charge is -2.22. The van der Waals surface area contributed by atoms with Gasteiger partial charge in [-0.25, -0.2) is 4.98 Å². The van der Waals surface area contributed by atoms with Crippen LogP contribution in [0.15, 0.2) is 23.3 Å². The maximum absolute atomic E-state index is 5.80.